The highest BCUT2D eigenvalue weighted by molar-refractivity contribution is 5.89. The largest absolute Gasteiger partial charge is 0.462 e. The Hall–Kier alpha value is -3.95. The van der Waals surface area contributed by atoms with Gasteiger partial charge in [0.15, 0.2) is 0 Å². The van der Waals surface area contributed by atoms with Crippen molar-refractivity contribution in [3.63, 3.8) is 0 Å². The summed E-state index contributed by atoms with van der Waals surface area (Å²) < 4.78 is 5.92. The number of para-hydroxylation sites is 1. The highest BCUT2D eigenvalue weighted by Crippen LogP contribution is 2.15. The van der Waals surface area contributed by atoms with E-state index >= 15 is 0 Å². The fourth-order valence-corrected chi connectivity index (χ4v) is 3.88. The third-order valence-corrected chi connectivity index (χ3v) is 5.61. The molecule has 0 saturated carbocycles. The number of anilines is 1. The second kappa shape index (κ2) is 9.68. The van der Waals surface area contributed by atoms with E-state index in [0.29, 0.717) is 61.5 Å². The van der Waals surface area contributed by atoms with Gasteiger partial charge in [-0.15, -0.1) is 0 Å². The summed E-state index contributed by atoms with van der Waals surface area (Å²) in [6.07, 6.45) is 2.19. The molecular weight excluding hydrogens is 426 g/mol. The van der Waals surface area contributed by atoms with Crippen LogP contribution in [0.5, 0.6) is 0 Å². The highest BCUT2D eigenvalue weighted by atomic mass is 16.5. The zero-order chi connectivity index (χ0) is 23.4. The highest BCUT2D eigenvalue weighted by Gasteiger charge is 2.22. The van der Waals surface area contributed by atoms with E-state index in [4.69, 9.17) is 4.74 Å². The fourth-order valence-electron chi connectivity index (χ4n) is 3.88. The summed E-state index contributed by atoms with van der Waals surface area (Å²) in [6.45, 7) is 3.90. The van der Waals surface area contributed by atoms with Crippen LogP contribution in [0.15, 0.2) is 52.2 Å². The number of esters is 1. The van der Waals surface area contributed by atoms with Crippen LogP contribution in [0.4, 0.5) is 5.82 Å². The molecule has 33 heavy (non-hydrogen) atoms. The first-order chi connectivity index (χ1) is 16.0. The molecule has 2 aromatic heterocycles. The Morgan fingerprint density at radius 1 is 1.06 bits per heavy atom. The molecular formula is C23H25N5O5. The van der Waals surface area contributed by atoms with Crippen LogP contribution in [0, 0.1) is 0 Å². The Bertz CT molecular complexity index is 1280. The molecule has 1 aliphatic rings. The molecule has 3 heterocycles. The van der Waals surface area contributed by atoms with Gasteiger partial charge in [0, 0.05) is 32.4 Å². The standard InChI is InChI=1S/C23H25N5O5/c1-2-33-22(31)16-8-9-19(24-14-16)26-10-5-11-27(13-12-26)20(29)15-28-21(30)17-6-3-4-7-18(17)25-23(28)32/h3-4,6-9,14H,2,5,10-13,15H2,1H3,(H,25,32). The molecule has 1 aromatic carbocycles. The molecule has 0 aliphatic carbocycles. The van der Waals surface area contributed by atoms with Gasteiger partial charge in [0.2, 0.25) is 5.91 Å². The van der Waals surface area contributed by atoms with Crippen LogP contribution >= 0.6 is 0 Å². The molecule has 0 radical (unpaired) electrons. The lowest BCUT2D eigenvalue weighted by molar-refractivity contribution is -0.131. The number of aromatic nitrogens is 3. The maximum atomic E-state index is 12.9. The number of hydrogen-bond acceptors (Lipinski definition) is 7. The summed E-state index contributed by atoms with van der Waals surface area (Å²) in [5.74, 6) is 0.00741. The fraction of sp³-hybridized carbons (Fsp3) is 0.348. The Balaban J connectivity index is 1.43. The van der Waals surface area contributed by atoms with Crippen molar-refractivity contribution in [2.24, 2.45) is 0 Å². The molecule has 0 spiro atoms. The molecule has 1 amide bonds. The number of carbonyl (C=O) groups excluding carboxylic acids is 2. The molecule has 10 nitrogen and oxygen atoms in total. The monoisotopic (exact) mass is 451 g/mol. The molecule has 172 valence electrons. The number of aromatic amines is 1. The Morgan fingerprint density at radius 3 is 2.64 bits per heavy atom. The van der Waals surface area contributed by atoms with Gasteiger partial charge in [0.25, 0.3) is 5.56 Å². The quantitative estimate of drug-likeness (QED) is 0.575. The van der Waals surface area contributed by atoms with Crippen molar-refractivity contribution in [2.45, 2.75) is 19.9 Å². The maximum Gasteiger partial charge on any atom is 0.339 e. The van der Waals surface area contributed by atoms with E-state index < -0.39 is 17.2 Å². The van der Waals surface area contributed by atoms with Crippen LogP contribution in [0.25, 0.3) is 10.9 Å². The second-order valence-electron chi connectivity index (χ2n) is 7.71. The van der Waals surface area contributed by atoms with Crippen LogP contribution < -0.4 is 16.1 Å². The van der Waals surface area contributed by atoms with Crippen LogP contribution in [0.1, 0.15) is 23.7 Å². The number of nitrogens with zero attached hydrogens (tertiary/aromatic N) is 4. The predicted octanol–water partition coefficient (Wildman–Crippen LogP) is 1.00. The topological polar surface area (TPSA) is 118 Å². The number of hydrogen-bond donors (Lipinski definition) is 1. The van der Waals surface area contributed by atoms with Gasteiger partial charge in [0.1, 0.15) is 12.4 Å². The van der Waals surface area contributed by atoms with Crippen molar-refractivity contribution in [3.8, 4) is 0 Å². The molecule has 0 unspecified atom stereocenters. The molecule has 4 rings (SSSR count). The molecule has 3 aromatic rings. The van der Waals surface area contributed by atoms with Gasteiger partial charge in [0.05, 0.1) is 23.1 Å². The number of fused-ring (bicyclic) bond motifs is 1. The molecule has 1 aliphatic heterocycles. The maximum absolute atomic E-state index is 12.9. The summed E-state index contributed by atoms with van der Waals surface area (Å²) in [6, 6.07) is 10.2. The van der Waals surface area contributed by atoms with Gasteiger partial charge in [-0.25, -0.2) is 14.6 Å². The molecule has 1 fully saturated rings. The van der Waals surface area contributed by atoms with E-state index in [1.54, 1.807) is 48.2 Å². The summed E-state index contributed by atoms with van der Waals surface area (Å²) in [5.41, 5.74) is -0.249. The summed E-state index contributed by atoms with van der Waals surface area (Å²) >= 11 is 0. The van der Waals surface area contributed by atoms with Gasteiger partial charge >= 0.3 is 11.7 Å². The van der Waals surface area contributed by atoms with Gasteiger partial charge in [-0.05, 0) is 37.6 Å². The minimum absolute atomic E-state index is 0.287. The van der Waals surface area contributed by atoms with Gasteiger partial charge in [-0.3, -0.25) is 14.2 Å². The van der Waals surface area contributed by atoms with Crippen molar-refractivity contribution < 1.29 is 14.3 Å². The van der Waals surface area contributed by atoms with Crippen molar-refractivity contribution in [3.05, 3.63) is 69.0 Å². The SMILES string of the molecule is CCOC(=O)c1ccc(N2CCCN(C(=O)Cn3c(=O)[nH]c4ccccc4c3=O)CC2)nc1. The number of H-pyrrole nitrogens is 1. The third kappa shape index (κ3) is 4.79. The molecule has 1 N–H and O–H groups in total. The minimum atomic E-state index is -0.602. The van der Waals surface area contributed by atoms with Crippen LogP contribution in [0.3, 0.4) is 0 Å². The zero-order valence-electron chi connectivity index (χ0n) is 18.3. The van der Waals surface area contributed by atoms with Crippen LogP contribution in [0.2, 0.25) is 0 Å². The second-order valence-corrected chi connectivity index (χ2v) is 7.71. The van der Waals surface area contributed by atoms with Crippen molar-refractivity contribution in [2.75, 3.05) is 37.7 Å². The lowest BCUT2D eigenvalue weighted by Gasteiger charge is -2.23. The van der Waals surface area contributed by atoms with Crippen LogP contribution in [-0.2, 0) is 16.1 Å². The van der Waals surface area contributed by atoms with Gasteiger partial charge in [-0.1, -0.05) is 12.1 Å². The van der Waals surface area contributed by atoms with E-state index in [0.717, 1.165) is 4.57 Å². The summed E-state index contributed by atoms with van der Waals surface area (Å²) in [4.78, 5) is 60.5. The van der Waals surface area contributed by atoms with Crippen molar-refractivity contribution in [1.29, 1.82) is 0 Å². The average molecular weight is 451 g/mol. The molecule has 0 atom stereocenters. The van der Waals surface area contributed by atoms with Crippen LogP contribution in [-0.4, -0.2) is 64.1 Å². The normalized spacial score (nSPS) is 14.2. The third-order valence-electron chi connectivity index (χ3n) is 5.61. The number of carbonyl (C=O) groups is 2. The van der Waals surface area contributed by atoms with Gasteiger partial charge < -0.3 is 19.5 Å². The molecule has 1 saturated heterocycles. The number of ether oxygens (including phenoxy) is 1. The summed E-state index contributed by atoms with van der Waals surface area (Å²) in [7, 11) is 0. The Kier molecular flexibility index (Phi) is 6.53. The zero-order valence-corrected chi connectivity index (χ0v) is 18.3. The predicted molar refractivity (Wildman–Crippen MR) is 122 cm³/mol. The first-order valence-corrected chi connectivity index (χ1v) is 10.9. The summed E-state index contributed by atoms with van der Waals surface area (Å²) in [5, 5.41) is 0.365. The smallest absolute Gasteiger partial charge is 0.339 e. The number of rotatable bonds is 5. The number of amides is 1. The lowest BCUT2D eigenvalue weighted by atomic mass is 10.2. The van der Waals surface area contributed by atoms with E-state index in [-0.39, 0.29) is 12.5 Å². The number of nitrogens with one attached hydrogen (secondary N) is 1. The van der Waals surface area contributed by atoms with Gasteiger partial charge in [-0.2, -0.15) is 0 Å². The first kappa shape index (κ1) is 22.3. The Morgan fingerprint density at radius 2 is 1.88 bits per heavy atom. The average Bonchev–Trinajstić information content (AvgIpc) is 3.08. The first-order valence-electron chi connectivity index (χ1n) is 10.9. The number of pyridine rings is 1. The van der Waals surface area contributed by atoms with E-state index in [1.807, 2.05) is 4.90 Å². The van der Waals surface area contributed by atoms with Crippen molar-refractivity contribution in [1.82, 2.24) is 19.4 Å². The van der Waals surface area contributed by atoms with E-state index in [2.05, 4.69) is 9.97 Å². The Labute approximate surface area is 189 Å². The van der Waals surface area contributed by atoms with Crippen molar-refractivity contribution >= 4 is 28.6 Å². The number of benzene rings is 1. The molecule has 0 bridgehead atoms. The van der Waals surface area contributed by atoms with E-state index in [1.165, 1.54) is 6.20 Å². The lowest BCUT2D eigenvalue weighted by Crippen LogP contribution is -2.43. The van der Waals surface area contributed by atoms with E-state index in [9.17, 15) is 19.2 Å². The molecule has 10 heteroatoms. The minimum Gasteiger partial charge on any atom is -0.462 e.